The van der Waals surface area contributed by atoms with Crippen LogP contribution in [0, 0.1) is 0 Å². The molecule has 0 unspecified atom stereocenters. The van der Waals surface area contributed by atoms with Gasteiger partial charge in [-0.1, -0.05) is 36.4 Å². The fraction of sp³-hybridized carbons (Fsp3) is 0.316. The van der Waals surface area contributed by atoms with Gasteiger partial charge in [-0.2, -0.15) is 0 Å². The largest absolute Gasteiger partial charge is 0.573 e. The van der Waals surface area contributed by atoms with Gasteiger partial charge >= 0.3 is 6.36 Å². The molecule has 0 aromatic heterocycles. The fourth-order valence-electron chi connectivity index (χ4n) is 2.38. The number of carbonyl (C=O) groups excluding carboxylic acids is 1. The Kier molecular flexibility index (Phi) is 7.99. The van der Waals surface area contributed by atoms with Crippen molar-refractivity contribution >= 4 is 17.7 Å². The highest BCUT2D eigenvalue weighted by molar-refractivity contribution is 7.99. The predicted octanol–water partition coefficient (Wildman–Crippen LogP) is 3.93. The van der Waals surface area contributed by atoms with Gasteiger partial charge in [0.1, 0.15) is 5.75 Å². The van der Waals surface area contributed by atoms with E-state index in [0.29, 0.717) is 12.1 Å². The Bertz CT molecular complexity index is 726. The maximum atomic E-state index is 12.5. The highest BCUT2D eigenvalue weighted by Gasteiger charge is 2.32. The van der Waals surface area contributed by atoms with E-state index < -0.39 is 6.36 Å². The van der Waals surface area contributed by atoms with Crippen LogP contribution in [0.2, 0.25) is 0 Å². The molecule has 2 aromatic carbocycles. The van der Waals surface area contributed by atoms with Gasteiger partial charge in [-0.25, -0.2) is 0 Å². The van der Waals surface area contributed by atoms with Gasteiger partial charge in [-0.3, -0.25) is 9.69 Å². The summed E-state index contributed by atoms with van der Waals surface area (Å²) in [6.45, 7) is 0.759. The molecule has 0 saturated carbocycles. The Morgan fingerprint density at radius 1 is 1.11 bits per heavy atom. The van der Waals surface area contributed by atoms with Crippen molar-refractivity contribution in [1.82, 2.24) is 10.2 Å². The number of rotatable bonds is 9. The number of hydrogen-bond donors (Lipinski definition) is 1. The van der Waals surface area contributed by atoms with Crippen molar-refractivity contribution < 1.29 is 22.7 Å². The maximum Gasteiger partial charge on any atom is 0.573 e. The second kappa shape index (κ2) is 10.2. The van der Waals surface area contributed by atoms with Crippen molar-refractivity contribution in [1.29, 1.82) is 0 Å². The summed E-state index contributed by atoms with van der Waals surface area (Å²) in [5, 5.41) is 2.81. The molecule has 8 heteroatoms. The van der Waals surface area contributed by atoms with Gasteiger partial charge in [-0.15, -0.1) is 24.9 Å². The molecular formula is C19H21F3N2O2S. The van der Waals surface area contributed by atoms with Crippen molar-refractivity contribution in [2.24, 2.45) is 0 Å². The number of nitrogens with zero attached hydrogens (tertiary/aromatic N) is 1. The number of amides is 1. The number of nitrogens with one attached hydrogen (secondary N) is 1. The summed E-state index contributed by atoms with van der Waals surface area (Å²) in [5.41, 5.74) is 0.366. The summed E-state index contributed by atoms with van der Waals surface area (Å²) in [4.78, 5) is 14.8. The molecule has 0 saturated heterocycles. The fourth-order valence-corrected chi connectivity index (χ4v) is 3.17. The van der Waals surface area contributed by atoms with Crippen LogP contribution in [0.3, 0.4) is 0 Å². The quantitative estimate of drug-likeness (QED) is 0.513. The van der Waals surface area contributed by atoms with Crippen LogP contribution in [0.15, 0.2) is 59.5 Å². The molecule has 1 amide bonds. The minimum atomic E-state index is -4.75. The lowest BCUT2D eigenvalue weighted by molar-refractivity contribution is -0.275. The van der Waals surface area contributed by atoms with E-state index in [2.05, 4.69) is 10.1 Å². The van der Waals surface area contributed by atoms with Crippen molar-refractivity contribution in [3.05, 3.63) is 60.2 Å². The van der Waals surface area contributed by atoms with Crippen LogP contribution < -0.4 is 10.1 Å². The standard InChI is InChI=1S/C19H21F3N2O2S/c1-24(13-15-7-5-6-10-17(15)26-19(20,21)22)14-18(25)23-11-12-27-16-8-3-2-4-9-16/h2-10H,11-14H2,1H3,(H,23,25). The normalized spacial score (nSPS) is 11.4. The molecule has 1 N–H and O–H groups in total. The van der Waals surface area contributed by atoms with E-state index in [9.17, 15) is 18.0 Å². The molecule has 0 spiro atoms. The number of carbonyl (C=O) groups is 1. The highest BCUT2D eigenvalue weighted by atomic mass is 32.2. The number of ether oxygens (including phenoxy) is 1. The average molecular weight is 398 g/mol. The van der Waals surface area contributed by atoms with Crippen LogP contribution in [-0.2, 0) is 11.3 Å². The number of halogens is 3. The summed E-state index contributed by atoms with van der Waals surface area (Å²) >= 11 is 1.64. The average Bonchev–Trinajstić information content (AvgIpc) is 2.60. The highest BCUT2D eigenvalue weighted by Crippen LogP contribution is 2.26. The second-order valence-electron chi connectivity index (χ2n) is 5.84. The third-order valence-electron chi connectivity index (χ3n) is 3.49. The van der Waals surface area contributed by atoms with E-state index in [1.165, 1.54) is 12.1 Å². The molecule has 2 aromatic rings. The Hall–Kier alpha value is -2.19. The Morgan fingerprint density at radius 3 is 2.48 bits per heavy atom. The summed E-state index contributed by atoms with van der Waals surface area (Å²) in [7, 11) is 1.67. The van der Waals surface area contributed by atoms with Crippen LogP contribution in [0.4, 0.5) is 13.2 Å². The van der Waals surface area contributed by atoms with Crippen molar-refractivity contribution in [2.45, 2.75) is 17.8 Å². The molecule has 0 atom stereocenters. The topological polar surface area (TPSA) is 41.6 Å². The van der Waals surface area contributed by atoms with E-state index in [1.807, 2.05) is 30.3 Å². The molecule has 2 rings (SSSR count). The molecule has 0 aliphatic heterocycles. The minimum Gasteiger partial charge on any atom is -0.405 e. The van der Waals surface area contributed by atoms with Crippen LogP contribution in [0.5, 0.6) is 5.75 Å². The van der Waals surface area contributed by atoms with Gasteiger partial charge in [0, 0.05) is 29.3 Å². The molecule has 0 heterocycles. The van der Waals surface area contributed by atoms with Crippen molar-refractivity contribution in [2.75, 3.05) is 25.9 Å². The van der Waals surface area contributed by atoms with E-state index in [-0.39, 0.29) is 24.7 Å². The third kappa shape index (κ3) is 8.36. The van der Waals surface area contributed by atoms with Crippen LogP contribution in [0.1, 0.15) is 5.56 Å². The van der Waals surface area contributed by atoms with Gasteiger partial charge in [-0.05, 0) is 25.2 Å². The molecule has 27 heavy (non-hydrogen) atoms. The summed E-state index contributed by atoms with van der Waals surface area (Å²) < 4.78 is 41.4. The Morgan fingerprint density at radius 2 is 1.78 bits per heavy atom. The number of thioether (sulfide) groups is 1. The maximum absolute atomic E-state index is 12.5. The van der Waals surface area contributed by atoms with Crippen LogP contribution in [0.25, 0.3) is 0 Å². The monoisotopic (exact) mass is 398 g/mol. The molecule has 4 nitrogen and oxygen atoms in total. The van der Waals surface area contributed by atoms with Crippen molar-refractivity contribution in [3.63, 3.8) is 0 Å². The molecule has 0 aliphatic rings. The SMILES string of the molecule is CN(CC(=O)NCCSc1ccccc1)Cc1ccccc1OC(F)(F)F. The van der Waals surface area contributed by atoms with Crippen LogP contribution in [-0.4, -0.2) is 43.1 Å². The number of para-hydroxylation sites is 1. The lowest BCUT2D eigenvalue weighted by atomic mass is 10.2. The Labute approximate surface area is 160 Å². The van der Waals surface area contributed by atoms with Gasteiger partial charge in [0.25, 0.3) is 0 Å². The summed E-state index contributed by atoms with van der Waals surface area (Å²) in [6, 6.07) is 15.8. The van der Waals surface area contributed by atoms with Gasteiger partial charge < -0.3 is 10.1 Å². The van der Waals surface area contributed by atoms with E-state index in [4.69, 9.17) is 0 Å². The molecule has 0 bridgehead atoms. The van der Waals surface area contributed by atoms with Crippen LogP contribution >= 0.6 is 11.8 Å². The first-order valence-corrected chi connectivity index (χ1v) is 9.29. The van der Waals surface area contributed by atoms with Gasteiger partial charge in [0.2, 0.25) is 5.91 Å². The lowest BCUT2D eigenvalue weighted by Gasteiger charge is -2.19. The predicted molar refractivity (Wildman–Crippen MR) is 99.6 cm³/mol. The second-order valence-corrected chi connectivity index (χ2v) is 7.01. The van der Waals surface area contributed by atoms with Crippen molar-refractivity contribution in [3.8, 4) is 5.75 Å². The lowest BCUT2D eigenvalue weighted by Crippen LogP contribution is -2.36. The molecular weight excluding hydrogens is 377 g/mol. The Balaban J connectivity index is 1.75. The zero-order chi connectivity index (χ0) is 19.7. The number of hydrogen-bond acceptors (Lipinski definition) is 4. The first kappa shape index (κ1) is 21.1. The van der Waals surface area contributed by atoms with E-state index in [1.54, 1.807) is 35.8 Å². The van der Waals surface area contributed by atoms with E-state index in [0.717, 1.165) is 10.6 Å². The zero-order valence-corrected chi connectivity index (χ0v) is 15.6. The molecule has 0 radical (unpaired) electrons. The van der Waals surface area contributed by atoms with E-state index >= 15 is 0 Å². The first-order valence-electron chi connectivity index (χ1n) is 8.30. The van der Waals surface area contributed by atoms with Gasteiger partial charge in [0.15, 0.2) is 0 Å². The number of alkyl halides is 3. The minimum absolute atomic E-state index is 0.0797. The summed E-state index contributed by atoms with van der Waals surface area (Å²) in [5.74, 6) is 0.304. The number of likely N-dealkylation sites (N-methyl/N-ethyl adjacent to an activating group) is 1. The third-order valence-corrected chi connectivity index (χ3v) is 4.50. The molecule has 0 fully saturated rings. The number of benzene rings is 2. The first-order chi connectivity index (χ1) is 12.8. The molecule has 146 valence electrons. The summed E-state index contributed by atoms with van der Waals surface area (Å²) in [6.07, 6.45) is -4.75. The smallest absolute Gasteiger partial charge is 0.405 e. The zero-order valence-electron chi connectivity index (χ0n) is 14.8. The van der Waals surface area contributed by atoms with Gasteiger partial charge in [0.05, 0.1) is 6.54 Å². The molecule has 0 aliphatic carbocycles.